The maximum absolute atomic E-state index is 12.8. The van der Waals surface area contributed by atoms with E-state index in [1.54, 1.807) is 4.90 Å². The fourth-order valence-electron chi connectivity index (χ4n) is 3.12. The summed E-state index contributed by atoms with van der Waals surface area (Å²) in [6.45, 7) is 8.90. The van der Waals surface area contributed by atoms with Gasteiger partial charge in [-0.05, 0) is 44.9 Å². The van der Waals surface area contributed by atoms with Crippen LogP contribution < -0.4 is 10.6 Å². The van der Waals surface area contributed by atoms with Crippen LogP contribution in [0.15, 0.2) is 12.2 Å². The lowest BCUT2D eigenvalue weighted by atomic mass is 9.95. The Morgan fingerprint density at radius 3 is 2.50 bits per heavy atom. The van der Waals surface area contributed by atoms with Crippen molar-refractivity contribution >= 4 is 17.7 Å². The van der Waals surface area contributed by atoms with E-state index in [9.17, 15) is 14.4 Å². The smallest absolute Gasteiger partial charge is 0.245 e. The van der Waals surface area contributed by atoms with Gasteiger partial charge in [-0.2, -0.15) is 0 Å². The summed E-state index contributed by atoms with van der Waals surface area (Å²) in [4.78, 5) is 38.1. The third-order valence-corrected chi connectivity index (χ3v) is 4.59. The van der Waals surface area contributed by atoms with E-state index >= 15 is 0 Å². The molecule has 3 amide bonds. The molecule has 1 saturated heterocycles. The molecule has 0 aromatic rings. The quantitative estimate of drug-likeness (QED) is 0.687. The Labute approximate surface area is 144 Å². The Bertz CT molecular complexity index is 498. The first-order valence-electron chi connectivity index (χ1n) is 8.84. The monoisotopic (exact) mass is 335 g/mol. The molecule has 1 aliphatic heterocycles. The number of hydrogen-bond acceptors (Lipinski definition) is 3. The molecule has 1 heterocycles. The van der Waals surface area contributed by atoms with Gasteiger partial charge in [0.05, 0.1) is 5.92 Å². The molecule has 134 valence electrons. The lowest BCUT2D eigenvalue weighted by Crippen LogP contribution is -2.52. The zero-order chi connectivity index (χ0) is 17.7. The number of carbonyl (C=O) groups excluding carboxylic acids is 3. The van der Waals surface area contributed by atoms with E-state index in [4.69, 9.17) is 0 Å². The van der Waals surface area contributed by atoms with E-state index in [0.29, 0.717) is 25.4 Å². The molecule has 0 aromatic carbocycles. The molecular formula is C18H29N3O3. The number of nitrogens with zero attached hydrogens (tertiary/aromatic N) is 1. The molecule has 2 rings (SSSR count). The molecule has 0 spiro atoms. The normalized spacial score (nSPS) is 21.8. The van der Waals surface area contributed by atoms with Crippen molar-refractivity contribution in [2.75, 3.05) is 19.6 Å². The minimum absolute atomic E-state index is 0.0513. The Morgan fingerprint density at radius 1 is 1.21 bits per heavy atom. The third kappa shape index (κ3) is 5.65. The lowest BCUT2D eigenvalue weighted by Gasteiger charge is -2.34. The van der Waals surface area contributed by atoms with Crippen molar-refractivity contribution in [3.05, 3.63) is 12.2 Å². The number of nitrogens with one attached hydrogen (secondary N) is 2. The van der Waals surface area contributed by atoms with Crippen LogP contribution >= 0.6 is 0 Å². The molecule has 0 bridgehead atoms. The molecule has 6 heteroatoms. The Kier molecular flexibility index (Phi) is 6.40. The summed E-state index contributed by atoms with van der Waals surface area (Å²) >= 11 is 0. The van der Waals surface area contributed by atoms with Gasteiger partial charge in [-0.15, -0.1) is 6.58 Å². The van der Waals surface area contributed by atoms with E-state index < -0.39 is 6.04 Å². The van der Waals surface area contributed by atoms with Crippen LogP contribution in [0.5, 0.6) is 0 Å². The predicted octanol–water partition coefficient (Wildman–Crippen LogP) is 1.22. The molecule has 1 aliphatic carbocycles. The average molecular weight is 335 g/mol. The van der Waals surface area contributed by atoms with Crippen LogP contribution in [0.4, 0.5) is 0 Å². The molecule has 2 aliphatic rings. The standard InChI is InChI=1S/C18H29N3O3/c1-12(2)9-16(20-13(3)22)18(24)21-8-4-5-15(11-21)17(23)19-10-14-6-7-14/h14-16H,1,4-11H2,2-3H3,(H,19,23)(H,20,22). The van der Waals surface area contributed by atoms with Crippen LogP contribution in [0.25, 0.3) is 0 Å². The summed E-state index contributed by atoms with van der Waals surface area (Å²) in [5.41, 5.74) is 0.845. The minimum atomic E-state index is -0.590. The first-order valence-corrected chi connectivity index (χ1v) is 8.84. The Balaban J connectivity index is 1.92. The van der Waals surface area contributed by atoms with Gasteiger partial charge in [-0.1, -0.05) is 5.57 Å². The number of likely N-dealkylation sites (tertiary alicyclic amines) is 1. The van der Waals surface area contributed by atoms with Crippen LogP contribution in [-0.4, -0.2) is 48.3 Å². The van der Waals surface area contributed by atoms with E-state index in [1.165, 1.54) is 19.8 Å². The summed E-state index contributed by atoms with van der Waals surface area (Å²) < 4.78 is 0. The molecule has 6 nitrogen and oxygen atoms in total. The van der Waals surface area contributed by atoms with Crippen LogP contribution in [0.2, 0.25) is 0 Å². The van der Waals surface area contributed by atoms with Crippen molar-refractivity contribution in [3.63, 3.8) is 0 Å². The Hall–Kier alpha value is -1.85. The first kappa shape index (κ1) is 18.5. The second-order valence-electron chi connectivity index (χ2n) is 7.23. The van der Waals surface area contributed by atoms with Gasteiger partial charge in [0, 0.05) is 26.6 Å². The lowest BCUT2D eigenvalue weighted by molar-refractivity contribution is -0.139. The largest absolute Gasteiger partial charge is 0.356 e. The van der Waals surface area contributed by atoms with Gasteiger partial charge >= 0.3 is 0 Å². The second kappa shape index (κ2) is 8.31. The zero-order valence-electron chi connectivity index (χ0n) is 14.8. The van der Waals surface area contributed by atoms with Crippen molar-refractivity contribution in [1.82, 2.24) is 15.5 Å². The maximum Gasteiger partial charge on any atom is 0.245 e. The molecule has 0 aromatic heterocycles. The molecule has 2 atom stereocenters. The van der Waals surface area contributed by atoms with E-state index in [-0.39, 0.29) is 23.6 Å². The molecule has 2 unspecified atom stereocenters. The SMILES string of the molecule is C=C(C)CC(NC(C)=O)C(=O)N1CCCC(C(=O)NCC2CC2)C1. The van der Waals surface area contributed by atoms with Crippen LogP contribution in [0, 0.1) is 11.8 Å². The second-order valence-corrected chi connectivity index (χ2v) is 7.23. The third-order valence-electron chi connectivity index (χ3n) is 4.59. The van der Waals surface area contributed by atoms with Gasteiger partial charge in [0.25, 0.3) is 0 Å². The summed E-state index contributed by atoms with van der Waals surface area (Å²) in [5, 5.41) is 5.72. The molecule has 0 radical (unpaired) electrons. The van der Waals surface area contributed by atoms with Crippen molar-refractivity contribution in [2.45, 2.75) is 52.0 Å². The van der Waals surface area contributed by atoms with Crippen LogP contribution in [0.3, 0.4) is 0 Å². The molecule has 2 fully saturated rings. The van der Waals surface area contributed by atoms with Gasteiger partial charge in [0.1, 0.15) is 6.04 Å². The predicted molar refractivity (Wildman–Crippen MR) is 92.1 cm³/mol. The molecule has 24 heavy (non-hydrogen) atoms. The number of hydrogen-bond donors (Lipinski definition) is 2. The molecule has 2 N–H and O–H groups in total. The summed E-state index contributed by atoms with van der Waals surface area (Å²) in [7, 11) is 0. The van der Waals surface area contributed by atoms with Gasteiger partial charge in [0.2, 0.25) is 17.7 Å². The summed E-state index contributed by atoms with van der Waals surface area (Å²) in [5.74, 6) is 0.202. The van der Waals surface area contributed by atoms with Crippen molar-refractivity contribution < 1.29 is 14.4 Å². The molecule has 1 saturated carbocycles. The van der Waals surface area contributed by atoms with E-state index in [0.717, 1.165) is 25.0 Å². The van der Waals surface area contributed by atoms with E-state index in [2.05, 4.69) is 17.2 Å². The average Bonchev–Trinajstić information content (AvgIpc) is 3.34. The fourth-order valence-corrected chi connectivity index (χ4v) is 3.12. The topological polar surface area (TPSA) is 78.5 Å². The summed E-state index contributed by atoms with van der Waals surface area (Å²) in [6.07, 6.45) is 4.45. The highest BCUT2D eigenvalue weighted by Crippen LogP contribution is 2.28. The van der Waals surface area contributed by atoms with Crippen molar-refractivity contribution in [3.8, 4) is 0 Å². The van der Waals surface area contributed by atoms with Crippen LogP contribution in [0.1, 0.15) is 46.0 Å². The fraction of sp³-hybridized carbons (Fsp3) is 0.722. The Morgan fingerprint density at radius 2 is 1.92 bits per heavy atom. The minimum Gasteiger partial charge on any atom is -0.356 e. The van der Waals surface area contributed by atoms with Crippen molar-refractivity contribution in [1.29, 1.82) is 0 Å². The highest BCUT2D eigenvalue weighted by Gasteiger charge is 2.32. The number of piperidine rings is 1. The number of carbonyl (C=O) groups is 3. The van der Waals surface area contributed by atoms with Crippen molar-refractivity contribution in [2.24, 2.45) is 11.8 Å². The van der Waals surface area contributed by atoms with Gasteiger partial charge in [-0.3, -0.25) is 14.4 Å². The maximum atomic E-state index is 12.8. The van der Waals surface area contributed by atoms with Gasteiger partial charge < -0.3 is 15.5 Å². The number of rotatable bonds is 7. The highest BCUT2D eigenvalue weighted by molar-refractivity contribution is 5.88. The number of amides is 3. The zero-order valence-corrected chi connectivity index (χ0v) is 14.8. The molecular weight excluding hydrogens is 306 g/mol. The van der Waals surface area contributed by atoms with Gasteiger partial charge in [0.15, 0.2) is 0 Å². The summed E-state index contributed by atoms with van der Waals surface area (Å²) in [6, 6.07) is -0.590. The first-order chi connectivity index (χ1) is 11.4. The van der Waals surface area contributed by atoms with Gasteiger partial charge in [-0.25, -0.2) is 0 Å². The highest BCUT2D eigenvalue weighted by atomic mass is 16.2. The van der Waals surface area contributed by atoms with E-state index in [1.807, 2.05) is 6.92 Å². The van der Waals surface area contributed by atoms with Crippen LogP contribution in [-0.2, 0) is 14.4 Å².